The maximum Gasteiger partial charge on any atom is 0.277 e. The van der Waals surface area contributed by atoms with Crippen molar-refractivity contribution in [3.8, 4) is 17.6 Å². The predicted molar refractivity (Wildman–Crippen MR) is 106 cm³/mol. The molecule has 8 heteroatoms. The third-order valence-electron chi connectivity index (χ3n) is 2.82. The number of hydrazone groups is 1. The van der Waals surface area contributed by atoms with Crippen LogP contribution in [0.5, 0.6) is 11.5 Å². The second-order valence-corrected chi connectivity index (χ2v) is 6.92. The van der Waals surface area contributed by atoms with E-state index < -0.39 is 5.91 Å². The van der Waals surface area contributed by atoms with Gasteiger partial charge in [-0.2, -0.15) is 10.4 Å². The number of carbonyl (C=O) groups excluding carboxylic acids is 1. The summed E-state index contributed by atoms with van der Waals surface area (Å²) in [5, 5.41) is 22.7. The highest BCUT2D eigenvalue weighted by Crippen LogP contribution is 2.25. The van der Waals surface area contributed by atoms with Crippen LogP contribution < -0.4 is 10.2 Å². The largest absolute Gasteiger partial charge is 0.506 e. The van der Waals surface area contributed by atoms with Gasteiger partial charge in [0.25, 0.3) is 5.91 Å². The van der Waals surface area contributed by atoms with Crippen molar-refractivity contribution in [3.05, 3.63) is 54.7 Å². The van der Waals surface area contributed by atoms with E-state index in [1.165, 1.54) is 6.21 Å². The SMILES string of the molecule is N#Cc1ccccc1OCC(=O)N/N=C\c1cc(I)cc(I)c1O. The Hall–Kier alpha value is -1.87. The highest BCUT2D eigenvalue weighted by molar-refractivity contribution is 14.1. The molecule has 2 N–H and O–H groups in total. The molecular weight excluding hydrogens is 536 g/mol. The van der Waals surface area contributed by atoms with Crippen molar-refractivity contribution in [2.24, 2.45) is 5.10 Å². The average Bonchev–Trinajstić information content (AvgIpc) is 2.57. The number of carbonyl (C=O) groups is 1. The maximum absolute atomic E-state index is 11.7. The highest BCUT2D eigenvalue weighted by atomic mass is 127. The Labute approximate surface area is 165 Å². The van der Waals surface area contributed by atoms with E-state index in [0.717, 1.165) is 3.57 Å². The maximum atomic E-state index is 11.7. The molecule has 0 radical (unpaired) electrons. The summed E-state index contributed by atoms with van der Waals surface area (Å²) in [6, 6.07) is 12.2. The third kappa shape index (κ3) is 5.07. The van der Waals surface area contributed by atoms with E-state index in [1.54, 1.807) is 30.3 Å². The number of aromatic hydroxyl groups is 1. The first-order chi connectivity index (χ1) is 11.5. The molecule has 0 aromatic heterocycles. The molecule has 0 saturated heterocycles. The Morgan fingerprint density at radius 2 is 2.12 bits per heavy atom. The van der Waals surface area contributed by atoms with Gasteiger partial charge in [-0.15, -0.1) is 0 Å². The van der Waals surface area contributed by atoms with Crippen molar-refractivity contribution in [3.63, 3.8) is 0 Å². The number of benzene rings is 2. The number of para-hydroxylation sites is 1. The first kappa shape index (κ1) is 18.5. The van der Waals surface area contributed by atoms with Crippen LogP contribution in [0.15, 0.2) is 41.5 Å². The molecule has 0 saturated carbocycles. The molecule has 2 aromatic carbocycles. The summed E-state index contributed by atoms with van der Waals surface area (Å²) in [6.07, 6.45) is 1.36. The molecule has 2 rings (SSSR count). The minimum atomic E-state index is -0.473. The summed E-state index contributed by atoms with van der Waals surface area (Å²) in [7, 11) is 0. The standard InChI is InChI=1S/C16H11I2N3O3/c17-12-5-11(16(23)13(18)6-12)8-20-21-15(22)9-24-14-4-2-1-3-10(14)7-19/h1-6,8,23H,9H2,(H,21,22)/b20-8-. The van der Waals surface area contributed by atoms with Crippen LogP contribution in [0, 0.1) is 18.5 Å². The van der Waals surface area contributed by atoms with Crippen molar-refractivity contribution in [1.29, 1.82) is 5.26 Å². The van der Waals surface area contributed by atoms with Crippen LogP contribution in [0.25, 0.3) is 0 Å². The Kier molecular flexibility index (Phi) is 6.80. The number of nitriles is 1. The fourth-order valence-corrected chi connectivity index (χ4v) is 3.61. The minimum Gasteiger partial charge on any atom is -0.506 e. The van der Waals surface area contributed by atoms with Gasteiger partial charge in [-0.3, -0.25) is 4.79 Å². The molecular formula is C16H11I2N3O3. The van der Waals surface area contributed by atoms with E-state index in [-0.39, 0.29) is 12.4 Å². The van der Waals surface area contributed by atoms with Gasteiger partial charge < -0.3 is 9.84 Å². The van der Waals surface area contributed by atoms with Crippen LogP contribution in [0.1, 0.15) is 11.1 Å². The number of hydrogen-bond donors (Lipinski definition) is 2. The Morgan fingerprint density at radius 3 is 2.88 bits per heavy atom. The van der Waals surface area contributed by atoms with Gasteiger partial charge in [0.1, 0.15) is 17.6 Å². The quantitative estimate of drug-likeness (QED) is 0.342. The zero-order valence-corrected chi connectivity index (χ0v) is 16.5. The van der Waals surface area contributed by atoms with Gasteiger partial charge in [-0.25, -0.2) is 5.43 Å². The predicted octanol–water partition coefficient (Wildman–Crippen LogP) is 3.00. The molecule has 0 spiro atoms. The molecule has 6 nitrogen and oxygen atoms in total. The summed E-state index contributed by atoms with van der Waals surface area (Å²) in [6.45, 7) is -0.272. The van der Waals surface area contributed by atoms with Crippen molar-refractivity contribution < 1.29 is 14.6 Å². The number of phenolic OH excluding ortho intramolecular Hbond substituents is 1. The molecule has 122 valence electrons. The van der Waals surface area contributed by atoms with Gasteiger partial charge in [-0.05, 0) is 69.4 Å². The topological polar surface area (TPSA) is 94.7 Å². The zero-order chi connectivity index (χ0) is 17.5. The van der Waals surface area contributed by atoms with E-state index in [9.17, 15) is 9.90 Å². The summed E-state index contributed by atoms with van der Waals surface area (Å²) in [5.74, 6) is -0.0315. The number of ether oxygens (including phenoxy) is 1. The number of nitrogens with zero attached hydrogens (tertiary/aromatic N) is 2. The summed E-state index contributed by atoms with van der Waals surface area (Å²) in [5.41, 5.74) is 3.17. The van der Waals surface area contributed by atoms with E-state index in [1.807, 2.05) is 34.7 Å². The molecule has 0 aliphatic rings. The lowest BCUT2D eigenvalue weighted by atomic mass is 10.2. The zero-order valence-electron chi connectivity index (χ0n) is 12.2. The van der Waals surface area contributed by atoms with Crippen LogP contribution in [-0.4, -0.2) is 23.8 Å². The lowest BCUT2D eigenvalue weighted by molar-refractivity contribution is -0.123. The molecule has 0 atom stereocenters. The molecule has 0 fully saturated rings. The number of phenols is 1. The van der Waals surface area contributed by atoms with E-state index >= 15 is 0 Å². The Bertz CT molecular complexity index is 832. The lowest BCUT2D eigenvalue weighted by Gasteiger charge is -2.06. The van der Waals surface area contributed by atoms with E-state index in [2.05, 4.69) is 33.1 Å². The number of amides is 1. The Morgan fingerprint density at radius 1 is 1.38 bits per heavy atom. The second-order valence-electron chi connectivity index (χ2n) is 4.52. The number of halogens is 2. The monoisotopic (exact) mass is 547 g/mol. The molecule has 24 heavy (non-hydrogen) atoms. The molecule has 0 heterocycles. The van der Waals surface area contributed by atoms with Gasteiger partial charge >= 0.3 is 0 Å². The normalized spacial score (nSPS) is 10.4. The first-order valence-electron chi connectivity index (χ1n) is 6.63. The molecule has 0 aliphatic carbocycles. The third-order valence-corrected chi connectivity index (χ3v) is 4.26. The number of nitrogens with one attached hydrogen (secondary N) is 1. The summed E-state index contributed by atoms with van der Waals surface area (Å²) in [4.78, 5) is 11.7. The fraction of sp³-hybridized carbons (Fsp3) is 0.0625. The molecule has 1 amide bonds. The number of hydrogen-bond acceptors (Lipinski definition) is 5. The van der Waals surface area contributed by atoms with Crippen LogP contribution in [-0.2, 0) is 4.79 Å². The van der Waals surface area contributed by atoms with Gasteiger partial charge in [0.05, 0.1) is 15.3 Å². The lowest BCUT2D eigenvalue weighted by Crippen LogP contribution is -2.24. The van der Waals surface area contributed by atoms with Crippen molar-refractivity contribution in [1.82, 2.24) is 5.43 Å². The van der Waals surface area contributed by atoms with Crippen molar-refractivity contribution in [2.75, 3.05) is 6.61 Å². The van der Waals surface area contributed by atoms with Crippen LogP contribution in [0.3, 0.4) is 0 Å². The fourth-order valence-electron chi connectivity index (χ4n) is 1.72. The van der Waals surface area contributed by atoms with E-state index in [4.69, 9.17) is 10.00 Å². The van der Waals surface area contributed by atoms with E-state index in [0.29, 0.717) is 20.4 Å². The van der Waals surface area contributed by atoms with Crippen LogP contribution in [0.2, 0.25) is 0 Å². The minimum absolute atomic E-state index is 0.105. The van der Waals surface area contributed by atoms with Gasteiger partial charge in [0, 0.05) is 9.13 Å². The summed E-state index contributed by atoms with van der Waals surface area (Å²) < 4.78 is 6.94. The van der Waals surface area contributed by atoms with Gasteiger partial charge in [0.15, 0.2) is 6.61 Å². The van der Waals surface area contributed by atoms with Crippen molar-refractivity contribution in [2.45, 2.75) is 0 Å². The average molecular weight is 547 g/mol. The number of rotatable bonds is 5. The first-order valence-corrected chi connectivity index (χ1v) is 8.79. The molecule has 2 aromatic rings. The van der Waals surface area contributed by atoms with Crippen molar-refractivity contribution >= 4 is 57.3 Å². The summed E-state index contributed by atoms with van der Waals surface area (Å²) >= 11 is 4.15. The molecule has 0 unspecified atom stereocenters. The van der Waals surface area contributed by atoms with Gasteiger partial charge in [-0.1, -0.05) is 12.1 Å². The van der Waals surface area contributed by atoms with Crippen LogP contribution >= 0.6 is 45.2 Å². The highest BCUT2D eigenvalue weighted by Gasteiger charge is 2.07. The van der Waals surface area contributed by atoms with Gasteiger partial charge in [0.2, 0.25) is 0 Å². The smallest absolute Gasteiger partial charge is 0.277 e. The molecule has 0 bridgehead atoms. The van der Waals surface area contributed by atoms with Crippen LogP contribution in [0.4, 0.5) is 0 Å². The Balaban J connectivity index is 1.93. The second kappa shape index (κ2) is 8.84. The molecule has 0 aliphatic heterocycles.